The van der Waals surface area contributed by atoms with E-state index in [2.05, 4.69) is 65.6 Å². The van der Waals surface area contributed by atoms with Gasteiger partial charge in [0, 0.05) is 23.4 Å². The van der Waals surface area contributed by atoms with E-state index in [-0.39, 0.29) is 22.6 Å². The van der Waals surface area contributed by atoms with Gasteiger partial charge in [0.1, 0.15) is 0 Å². The number of para-hydroxylation sites is 1. The molecule has 0 aromatic heterocycles. The van der Waals surface area contributed by atoms with Crippen molar-refractivity contribution in [1.82, 2.24) is 0 Å². The van der Waals surface area contributed by atoms with E-state index in [1.807, 2.05) is 42.5 Å². The number of anilines is 2. The minimum absolute atomic E-state index is 0.118. The first-order chi connectivity index (χ1) is 15.7. The molecule has 4 aromatic carbocycles. The molecule has 32 heavy (non-hydrogen) atoms. The molecule has 4 aromatic rings. The monoisotopic (exact) mass is 416 g/mol. The lowest BCUT2D eigenvalue weighted by Gasteiger charge is -2.31. The molecule has 0 bridgehead atoms. The van der Waals surface area contributed by atoms with Crippen LogP contribution in [-0.2, 0) is 0 Å². The maximum Gasteiger partial charge on any atom is 0.277 e. The average Bonchev–Trinajstić information content (AvgIpc) is 3.19. The quantitative estimate of drug-likeness (QED) is 0.268. The van der Waals surface area contributed by atoms with Crippen molar-refractivity contribution in [3.8, 4) is 11.1 Å². The molecule has 1 aliphatic heterocycles. The van der Waals surface area contributed by atoms with Crippen LogP contribution in [0.1, 0.15) is 22.6 Å². The molecule has 0 saturated carbocycles. The first-order valence-corrected chi connectivity index (χ1v) is 10.7. The van der Waals surface area contributed by atoms with Crippen molar-refractivity contribution in [1.29, 1.82) is 0 Å². The molecule has 6 rings (SSSR count). The van der Waals surface area contributed by atoms with Gasteiger partial charge in [-0.3, -0.25) is 10.1 Å². The maximum absolute atomic E-state index is 11.8. The molecule has 0 spiro atoms. The van der Waals surface area contributed by atoms with Crippen LogP contribution >= 0.6 is 0 Å². The largest absolute Gasteiger partial charge is 0.333 e. The highest BCUT2D eigenvalue weighted by atomic mass is 16.6. The Kier molecular flexibility index (Phi) is 4.18. The van der Waals surface area contributed by atoms with Crippen molar-refractivity contribution < 1.29 is 4.92 Å². The first kappa shape index (κ1) is 18.6. The molecule has 0 N–H and O–H groups in total. The molecule has 0 fully saturated rings. The molecule has 0 amide bonds. The van der Waals surface area contributed by atoms with Crippen LogP contribution in [0.15, 0.2) is 103 Å². The highest BCUT2D eigenvalue weighted by Crippen LogP contribution is 2.51. The van der Waals surface area contributed by atoms with Crippen LogP contribution in [0.3, 0.4) is 0 Å². The summed E-state index contributed by atoms with van der Waals surface area (Å²) in [7, 11) is 0. The minimum Gasteiger partial charge on any atom is -0.333 e. The van der Waals surface area contributed by atoms with E-state index in [1.54, 1.807) is 6.07 Å². The second kappa shape index (κ2) is 7.20. The Hall–Kier alpha value is -4.18. The highest BCUT2D eigenvalue weighted by Gasteiger charge is 2.41. The summed E-state index contributed by atoms with van der Waals surface area (Å²) in [5.74, 6) is 0.225. The topological polar surface area (TPSA) is 46.4 Å². The van der Waals surface area contributed by atoms with Crippen molar-refractivity contribution >= 4 is 23.1 Å². The summed E-state index contributed by atoms with van der Waals surface area (Å²) in [5.41, 5.74) is 7.56. The fraction of sp³-hybridized carbons (Fsp3) is 0.0714. The van der Waals surface area contributed by atoms with Gasteiger partial charge in [0.25, 0.3) is 5.69 Å². The van der Waals surface area contributed by atoms with E-state index < -0.39 is 0 Å². The van der Waals surface area contributed by atoms with Crippen LogP contribution in [-0.4, -0.2) is 11.0 Å². The standard InChI is InChI=1S/C28H20N2O2/c31-30(32)26-17-15-21(18-24(26)19-8-2-1-3-9-19)29-25-13-7-6-12-23(25)28-22-11-5-4-10-20(22)14-16-27(28)29/h1-18,27-28H. The highest BCUT2D eigenvalue weighted by molar-refractivity contribution is 5.84. The molecule has 0 saturated heterocycles. The molecular formula is C28H20N2O2. The average molecular weight is 416 g/mol. The Morgan fingerprint density at radius 1 is 0.781 bits per heavy atom. The molecular weight excluding hydrogens is 396 g/mol. The summed E-state index contributed by atoms with van der Waals surface area (Å²) in [5, 5.41) is 11.8. The smallest absolute Gasteiger partial charge is 0.277 e. The molecule has 154 valence electrons. The van der Waals surface area contributed by atoms with Crippen LogP contribution < -0.4 is 4.90 Å². The van der Waals surface area contributed by atoms with E-state index in [0.29, 0.717) is 5.56 Å². The minimum atomic E-state index is -0.302. The molecule has 1 aliphatic carbocycles. The van der Waals surface area contributed by atoms with Crippen molar-refractivity contribution in [2.24, 2.45) is 0 Å². The second-order valence-electron chi connectivity index (χ2n) is 8.21. The number of nitrogens with zero attached hydrogens (tertiary/aromatic N) is 2. The molecule has 4 heteroatoms. The fourth-order valence-electron chi connectivity index (χ4n) is 5.15. The van der Waals surface area contributed by atoms with Crippen molar-refractivity contribution in [3.05, 3.63) is 130 Å². The zero-order valence-corrected chi connectivity index (χ0v) is 17.3. The predicted octanol–water partition coefficient (Wildman–Crippen LogP) is 6.94. The van der Waals surface area contributed by atoms with Crippen LogP contribution in [0.4, 0.5) is 17.1 Å². The third kappa shape index (κ3) is 2.77. The van der Waals surface area contributed by atoms with Gasteiger partial charge in [-0.2, -0.15) is 0 Å². The van der Waals surface area contributed by atoms with Gasteiger partial charge in [-0.05, 0) is 40.5 Å². The normalized spacial score (nSPS) is 18.1. The molecule has 2 unspecified atom stereocenters. The van der Waals surface area contributed by atoms with Crippen molar-refractivity contribution in [3.63, 3.8) is 0 Å². The van der Waals surface area contributed by atoms with Crippen LogP contribution in [0.5, 0.6) is 0 Å². The van der Waals surface area contributed by atoms with Gasteiger partial charge in [-0.15, -0.1) is 0 Å². The van der Waals surface area contributed by atoms with E-state index in [4.69, 9.17) is 0 Å². The Labute approximate surface area is 186 Å². The summed E-state index contributed by atoms with van der Waals surface area (Å²) in [6, 6.07) is 32.2. The number of nitro benzene ring substituents is 1. The number of hydrogen-bond acceptors (Lipinski definition) is 3. The van der Waals surface area contributed by atoms with Crippen molar-refractivity contribution in [2.45, 2.75) is 12.0 Å². The van der Waals surface area contributed by atoms with Gasteiger partial charge in [0.15, 0.2) is 0 Å². The van der Waals surface area contributed by atoms with Gasteiger partial charge in [0.05, 0.1) is 16.5 Å². The number of nitro groups is 1. The molecule has 1 heterocycles. The van der Waals surface area contributed by atoms with Gasteiger partial charge in [-0.25, -0.2) is 0 Å². The van der Waals surface area contributed by atoms with Crippen LogP contribution in [0, 0.1) is 10.1 Å². The van der Waals surface area contributed by atoms with Crippen molar-refractivity contribution in [2.75, 3.05) is 4.90 Å². The van der Waals surface area contributed by atoms with Gasteiger partial charge < -0.3 is 4.90 Å². The number of rotatable bonds is 3. The van der Waals surface area contributed by atoms with Crippen LogP contribution in [0.25, 0.3) is 17.2 Å². The SMILES string of the molecule is O=[N+]([O-])c1ccc(N2c3ccccc3C3c4ccccc4C=CC32)cc1-c1ccccc1. The van der Waals surface area contributed by atoms with Gasteiger partial charge in [-0.1, -0.05) is 84.9 Å². The van der Waals surface area contributed by atoms with E-state index in [0.717, 1.165) is 16.9 Å². The zero-order valence-electron chi connectivity index (χ0n) is 17.3. The summed E-state index contributed by atoms with van der Waals surface area (Å²) in [6.45, 7) is 0. The Morgan fingerprint density at radius 2 is 1.50 bits per heavy atom. The third-order valence-electron chi connectivity index (χ3n) is 6.51. The predicted molar refractivity (Wildman–Crippen MR) is 128 cm³/mol. The number of fused-ring (bicyclic) bond motifs is 5. The molecule has 0 radical (unpaired) electrons. The lowest BCUT2D eigenvalue weighted by Crippen LogP contribution is -2.30. The van der Waals surface area contributed by atoms with Gasteiger partial charge in [0.2, 0.25) is 0 Å². The van der Waals surface area contributed by atoms with Gasteiger partial charge >= 0.3 is 0 Å². The molecule has 2 aliphatic rings. The zero-order chi connectivity index (χ0) is 21.7. The Bertz CT molecular complexity index is 1380. The van der Waals surface area contributed by atoms with Crippen LogP contribution in [0.2, 0.25) is 0 Å². The fourth-order valence-corrected chi connectivity index (χ4v) is 5.15. The third-order valence-corrected chi connectivity index (χ3v) is 6.51. The summed E-state index contributed by atoms with van der Waals surface area (Å²) in [6.07, 6.45) is 4.45. The maximum atomic E-state index is 11.8. The first-order valence-electron chi connectivity index (χ1n) is 10.7. The van der Waals surface area contributed by atoms with E-state index in [9.17, 15) is 10.1 Å². The molecule has 2 atom stereocenters. The summed E-state index contributed by atoms with van der Waals surface area (Å²) >= 11 is 0. The summed E-state index contributed by atoms with van der Waals surface area (Å²) < 4.78 is 0. The Morgan fingerprint density at radius 3 is 2.31 bits per heavy atom. The number of hydrogen-bond donors (Lipinski definition) is 0. The van der Waals surface area contributed by atoms with E-state index >= 15 is 0 Å². The second-order valence-corrected chi connectivity index (χ2v) is 8.21. The Balaban J connectivity index is 1.54. The van der Waals surface area contributed by atoms with E-state index in [1.165, 1.54) is 16.7 Å². The lowest BCUT2D eigenvalue weighted by molar-refractivity contribution is -0.384. The lowest BCUT2D eigenvalue weighted by atomic mass is 9.81. The molecule has 4 nitrogen and oxygen atoms in total. The summed E-state index contributed by atoms with van der Waals surface area (Å²) in [4.78, 5) is 13.8. The number of benzene rings is 4.